The zero-order valence-corrected chi connectivity index (χ0v) is 14.6. The summed E-state index contributed by atoms with van der Waals surface area (Å²) >= 11 is 0. The molecule has 3 rings (SSSR count). The summed E-state index contributed by atoms with van der Waals surface area (Å²) in [5.41, 5.74) is 1.90. The van der Waals surface area contributed by atoms with Gasteiger partial charge in [0.25, 0.3) is 0 Å². The van der Waals surface area contributed by atoms with Crippen LogP contribution in [0.3, 0.4) is 0 Å². The van der Waals surface area contributed by atoms with Gasteiger partial charge in [0.15, 0.2) is 0 Å². The van der Waals surface area contributed by atoms with Crippen molar-refractivity contribution in [2.75, 3.05) is 58.4 Å². The van der Waals surface area contributed by atoms with Crippen LogP contribution in [0.2, 0.25) is 0 Å². The van der Waals surface area contributed by atoms with Crippen LogP contribution < -0.4 is 10.2 Å². The predicted octanol–water partition coefficient (Wildman–Crippen LogP) is 1.74. The fourth-order valence-electron chi connectivity index (χ4n) is 3.86. The molecule has 2 aliphatic rings. The van der Waals surface area contributed by atoms with Crippen LogP contribution in [0.1, 0.15) is 24.8 Å². The maximum atomic E-state index is 5.12. The highest BCUT2D eigenvalue weighted by Gasteiger charge is 2.38. The van der Waals surface area contributed by atoms with Gasteiger partial charge in [-0.15, -0.1) is 0 Å². The molecule has 1 N–H and O–H groups in total. The summed E-state index contributed by atoms with van der Waals surface area (Å²) in [5.74, 6) is 1.02. The second-order valence-electron chi connectivity index (χ2n) is 7.15. The molecule has 1 aromatic heterocycles. The number of hydrogen-bond acceptors (Lipinski definition) is 5. The number of anilines is 1. The van der Waals surface area contributed by atoms with Crippen molar-refractivity contribution in [3.63, 3.8) is 0 Å². The Morgan fingerprint density at radius 1 is 1.30 bits per heavy atom. The topological polar surface area (TPSA) is 40.6 Å². The largest absolute Gasteiger partial charge is 0.383 e. The van der Waals surface area contributed by atoms with E-state index in [0.29, 0.717) is 5.41 Å². The molecular formula is C18H30N4O. The Morgan fingerprint density at radius 2 is 2.13 bits per heavy atom. The summed E-state index contributed by atoms with van der Waals surface area (Å²) in [6.07, 6.45) is 6.07. The fraction of sp³-hybridized carbons (Fsp3) is 0.722. The number of pyridine rings is 1. The number of methoxy groups -OCH3 is 1. The van der Waals surface area contributed by atoms with E-state index in [1.807, 2.05) is 6.20 Å². The van der Waals surface area contributed by atoms with E-state index in [1.54, 1.807) is 7.11 Å². The van der Waals surface area contributed by atoms with E-state index in [9.17, 15) is 0 Å². The summed E-state index contributed by atoms with van der Waals surface area (Å²) in [6.45, 7) is 7.50. The van der Waals surface area contributed by atoms with Gasteiger partial charge in [0.2, 0.25) is 0 Å². The highest BCUT2D eigenvalue weighted by atomic mass is 16.5. The molecule has 5 nitrogen and oxygen atoms in total. The Bertz CT molecular complexity index is 484. The second-order valence-corrected chi connectivity index (χ2v) is 7.15. The van der Waals surface area contributed by atoms with Gasteiger partial charge in [-0.2, -0.15) is 0 Å². The normalized spacial score (nSPS) is 21.0. The Morgan fingerprint density at radius 3 is 2.83 bits per heavy atom. The Labute approximate surface area is 140 Å². The molecule has 1 aromatic rings. The maximum absolute atomic E-state index is 5.12. The SMILES string of the molecule is COCCN(C)c1ccc(CN2CCC3(CCNCC3)C2)cn1. The summed E-state index contributed by atoms with van der Waals surface area (Å²) in [5, 5.41) is 3.49. The number of aromatic nitrogens is 1. The van der Waals surface area contributed by atoms with Gasteiger partial charge >= 0.3 is 0 Å². The van der Waals surface area contributed by atoms with E-state index < -0.39 is 0 Å². The van der Waals surface area contributed by atoms with Crippen molar-refractivity contribution < 1.29 is 4.74 Å². The Hall–Kier alpha value is -1.17. The summed E-state index contributed by atoms with van der Waals surface area (Å²) in [7, 11) is 3.79. The molecule has 23 heavy (non-hydrogen) atoms. The molecule has 0 atom stereocenters. The third-order valence-corrected chi connectivity index (χ3v) is 5.42. The summed E-state index contributed by atoms with van der Waals surface area (Å²) < 4.78 is 5.12. The third kappa shape index (κ3) is 4.22. The van der Waals surface area contributed by atoms with Gasteiger partial charge in [-0.3, -0.25) is 4.90 Å². The number of likely N-dealkylation sites (tertiary alicyclic amines) is 1. The van der Waals surface area contributed by atoms with Crippen molar-refractivity contribution in [3.8, 4) is 0 Å². The van der Waals surface area contributed by atoms with E-state index in [1.165, 1.54) is 51.0 Å². The lowest BCUT2D eigenvalue weighted by atomic mass is 9.78. The van der Waals surface area contributed by atoms with Crippen LogP contribution in [-0.2, 0) is 11.3 Å². The molecule has 0 unspecified atom stereocenters. The Balaban J connectivity index is 1.52. The van der Waals surface area contributed by atoms with Crippen molar-refractivity contribution in [1.29, 1.82) is 0 Å². The molecule has 128 valence electrons. The second kappa shape index (κ2) is 7.60. The van der Waals surface area contributed by atoms with Crippen molar-refractivity contribution in [3.05, 3.63) is 23.9 Å². The fourth-order valence-corrected chi connectivity index (χ4v) is 3.86. The maximum Gasteiger partial charge on any atom is 0.128 e. The van der Waals surface area contributed by atoms with Gasteiger partial charge in [-0.05, 0) is 55.9 Å². The molecular weight excluding hydrogens is 288 g/mol. The molecule has 0 aliphatic carbocycles. The quantitative estimate of drug-likeness (QED) is 0.865. The number of hydrogen-bond donors (Lipinski definition) is 1. The molecule has 0 bridgehead atoms. The highest BCUT2D eigenvalue weighted by molar-refractivity contribution is 5.38. The van der Waals surface area contributed by atoms with Crippen LogP contribution in [0.5, 0.6) is 0 Å². The molecule has 0 saturated carbocycles. The third-order valence-electron chi connectivity index (χ3n) is 5.42. The number of ether oxygens (including phenoxy) is 1. The molecule has 2 saturated heterocycles. The molecule has 0 radical (unpaired) electrons. The van der Waals surface area contributed by atoms with Crippen LogP contribution in [-0.4, -0.2) is 63.4 Å². The van der Waals surface area contributed by atoms with Gasteiger partial charge in [-0.1, -0.05) is 6.07 Å². The van der Waals surface area contributed by atoms with Gasteiger partial charge in [0.1, 0.15) is 5.82 Å². The van der Waals surface area contributed by atoms with Crippen molar-refractivity contribution in [2.24, 2.45) is 5.41 Å². The lowest BCUT2D eigenvalue weighted by Gasteiger charge is -2.33. The smallest absolute Gasteiger partial charge is 0.128 e. The lowest BCUT2D eigenvalue weighted by Crippen LogP contribution is -2.38. The van der Waals surface area contributed by atoms with Crippen LogP contribution in [0.25, 0.3) is 0 Å². The van der Waals surface area contributed by atoms with Crippen LogP contribution in [0.4, 0.5) is 5.82 Å². The number of likely N-dealkylation sites (N-methyl/N-ethyl adjacent to an activating group) is 1. The van der Waals surface area contributed by atoms with E-state index in [4.69, 9.17) is 4.74 Å². The van der Waals surface area contributed by atoms with Crippen LogP contribution in [0, 0.1) is 5.41 Å². The monoisotopic (exact) mass is 318 g/mol. The predicted molar refractivity (Wildman–Crippen MR) is 93.8 cm³/mol. The van der Waals surface area contributed by atoms with E-state index in [-0.39, 0.29) is 0 Å². The highest BCUT2D eigenvalue weighted by Crippen LogP contribution is 2.38. The van der Waals surface area contributed by atoms with Crippen molar-refractivity contribution in [2.45, 2.75) is 25.8 Å². The molecule has 0 amide bonds. The first-order chi connectivity index (χ1) is 11.2. The average Bonchev–Trinajstić information content (AvgIpc) is 2.96. The van der Waals surface area contributed by atoms with Gasteiger partial charge in [0.05, 0.1) is 6.61 Å². The molecule has 3 heterocycles. The number of nitrogens with one attached hydrogen (secondary N) is 1. The molecule has 2 aliphatic heterocycles. The number of nitrogens with zero attached hydrogens (tertiary/aromatic N) is 3. The van der Waals surface area contributed by atoms with Gasteiger partial charge < -0.3 is 15.0 Å². The average molecular weight is 318 g/mol. The van der Waals surface area contributed by atoms with E-state index in [2.05, 4.69) is 39.3 Å². The molecule has 2 fully saturated rings. The minimum Gasteiger partial charge on any atom is -0.383 e. The van der Waals surface area contributed by atoms with Crippen molar-refractivity contribution >= 4 is 5.82 Å². The van der Waals surface area contributed by atoms with E-state index in [0.717, 1.165) is 25.5 Å². The summed E-state index contributed by atoms with van der Waals surface area (Å²) in [6, 6.07) is 4.35. The minimum atomic E-state index is 0.582. The molecule has 5 heteroatoms. The standard InChI is InChI=1S/C18H30N4O/c1-21(11-12-23-2)17-4-3-16(13-20-17)14-22-10-7-18(15-22)5-8-19-9-6-18/h3-4,13,19H,5-12,14-15H2,1-2H3. The molecule has 0 aromatic carbocycles. The minimum absolute atomic E-state index is 0.582. The first-order valence-corrected chi connectivity index (χ1v) is 8.79. The van der Waals surface area contributed by atoms with Crippen LogP contribution >= 0.6 is 0 Å². The van der Waals surface area contributed by atoms with Gasteiger partial charge in [-0.25, -0.2) is 4.98 Å². The first-order valence-electron chi connectivity index (χ1n) is 8.79. The zero-order chi connectivity index (χ0) is 16.1. The number of piperidine rings is 1. The number of rotatable bonds is 6. The Kier molecular flexibility index (Phi) is 5.51. The van der Waals surface area contributed by atoms with Crippen molar-refractivity contribution in [1.82, 2.24) is 15.2 Å². The molecule has 1 spiro atoms. The lowest BCUT2D eigenvalue weighted by molar-refractivity contribution is 0.194. The summed E-state index contributed by atoms with van der Waals surface area (Å²) in [4.78, 5) is 9.35. The van der Waals surface area contributed by atoms with Crippen LogP contribution in [0.15, 0.2) is 18.3 Å². The first kappa shape index (κ1) is 16.7. The van der Waals surface area contributed by atoms with Gasteiger partial charge in [0, 0.05) is 40.0 Å². The van der Waals surface area contributed by atoms with E-state index >= 15 is 0 Å². The zero-order valence-electron chi connectivity index (χ0n) is 14.6.